The van der Waals surface area contributed by atoms with Crippen molar-refractivity contribution in [1.82, 2.24) is 0 Å². The summed E-state index contributed by atoms with van der Waals surface area (Å²) in [5.74, 6) is 0. The summed E-state index contributed by atoms with van der Waals surface area (Å²) >= 11 is 0. The van der Waals surface area contributed by atoms with Crippen molar-refractivity contribution in [3.63, 3.8) is 0 Å². The first-order chi connectivity index (χ1) is 6.00. The predicted octanol–water partition coefficient (Wildman–Crippen LogP) is -8.14. The molecule has 0 radical (unpaired) electrons. The summed E-state index contributed by atoms with van der Waals surface area (Å²) in [7, 11) is -15.5. The van der Waals surface area contributed by atoms with E-state index in [1.807, 2.05) is 0 Å². The Balaban J connectivity index is -0.0000000106. The van der Waals surface area contributed by atoms with E-state index in [4.69, 9.17) is 52.6 Å². The first-order valence-corrected chi connectivity index (χ1v) is 6.00. The second-order valence-electron chi connectivity index (χ2n) is 1.22. The van der Waals surface area contributed by atoms with Crippen LogP contribution in [0, 0.1) is 0 Å². The zero-order valence-electron chi connectivity index (χ0n) is 9.78. The van der Waals surface area contributed by atoms with E-state index in [0.29, 0.717) is 0 Å². The van der Waals surface area contributed by atoms with Crippen LogP contribution in [0.5, 0.6) is 0 Å². The molecule has 17 nitrogen and oxygen atoms in total. The van der Waals surface area contributed by atoms with Crippen molar-refractivity contribution in [2.75, 3.05) is 0 Å². The standard InChI is InChI=1S/3H2O4S.5H2O.2Y/c3*1-5(2,3)4;;;;;;;/h3*(H2,1,2,3,4);5*1H2;;/q;;;;;;;;2*+3/p-6. The van der Waals surface area contributed by atoms with Crippen LogP contribution in [-0.2, 0) is 96.6 Å². The van der Waals surface area contributed by atoms with E-state index in [2.05, 4.69) is 0 Å². The molecule has 0 heterocycles. The van der Waals surface area contributed by atoms with Crippen LogP contribution in [0.1, 0.15) is 0 Å². The Morgan fingerprint density at radius 1 is 0.364 bits per heavy atom. The van der Waals surface area contributed by atoms with Gasteiger partial charge < -0.3 is 54.7 Å². The fourth-order valence-electron chi connectivity index (χ4n) is 0. The summed E-state index contributed by atoms with van der Waals surface area (Å²) in [4.78, 5) is 0. The van der Waals surface area contributed by atoms with E-state index in [1.165, 1.54) is 0 Å². The molecule has 0 amide bonds. The van der Waals surface area contributed by atoms with Gasteiger partial charge in [0.1, 0.15) is 0 Å². The average Bonchev–Trinajstić information content (AvgIpc) is 1.41. The minimum atomic E-state index is -5.17. The summed E-state index contributed by atoms with van der Waals surface area (Å²) in [6, 6.07) is 0. The third-order valence-corrected chi connectivity index (χ3v) is 0. The van der Waals surface area contributed by atoms with E-state index >= 15 is 0 Å². The molecule has 0 aliphatic carbocycles. The van der Waals surface area contributed by atoms with Gasteiger partial charge in [-0.2, -0.15) is 0 Å². The second kappa shape index (κ2) is 27.5. The molecule has 0 aromatic rings. The fraction of sp³-hybridized carbons (Fsp3) is 0. The van der Waals surface area contributed by atoms with Gasteiger partial charge in [-0.1, -0.05) is 0 Å². The first-order valence-electron chi connectivity index (χ1n) is 2.00. The van der Waals surface area contributed by atoms with E-state index in [-0.39, 0.29) is 92.8 Å². The minimum absolute atomic E-state index is 0. The van der Waals surface area contributed by atoms with E-state index in [0.717, 1.165) is 0 Å². The third kappa shape index (κ3) is 3510. The van der Waals surface area contributed by atoms with Crippen LogP contribution >= 0.6 is 0 Å². The molecule has 22 heavy (non-hydrogen) atoms. The van der Waals surface area contributed by atoms with Gasteiger partial charge in [-0.15, -0.1) is 0 Å². The SMILES string of the molecule is O.O.O.O.O.O=S(=O)([O-])[O-].O=S(=O)([O-])[O-].O=S(=O)([O-])[O-].[Y+3].[Y+3]. The van der Waals surface area contributed by atoms with Crippen LogP contribution in [-0.4, -0.2) is 80.0 Å². The molecule has 0 saturated heterocycles. The van der Waals surface area contributed by atoms with Gasteiger partial charge in [0, 0.05) is 31.2 Å². The summed E-state index contributed by atoms with van der Waals surface area (Å²) in [6.45, 7) is 0. The normalized spacial score (nSPS) is 7.91. The molecular formula is H10O17S3Y2. The molecule has 0 fully saturated rings. The van der Waals surface area contributed by atoms with Crippen molar-refractivity contribution in [3.8, 4) is 0 Å². The number of rotatable bonds is 0. The average molecular weight is 556 g/mol. The summed E-state index contributed by atoms with van der Waals surface area (Å²) in [5, 5.41) is 0. The van der Waals surface area contributed by atoms with Crippen LogP contribution in [0.15, 0.2) is 0 Å². The largest absolute Gasteiger partial charge is 3.00 e. The number of hydrogen-bond acceptors (Lipinski definition) is 12. The Bertz CT molecular complexity index is 343. The smallest absolute Gasteiger partial charge is 0.759 e. The minimum Gasteiger partial charge on any atom is -0.759 e. The maximum absolute atomic E-state index is 8.52. The molecule has 0 bridgehead atoms. The third-order valence-electron chi connectivity index (χ3n) is 0. The van der Waals surface area contributed by atoms with Crippen LogP contribution in [0.3, 0.4) is 0 Å². The quantitative estimate of drug-likeness (QED) is 0.198. The molecule has 0 aromatic heterocycles. The predicted molar refractivity (Wildman–Crippen MR) is 49.5 cm³/mol. The van der Waals surface area contributed by atoms with Gasteiger partial charge in [0.25, 0.3) is 0 Å². The molecule has 0 aromatic carbocycles. The molecule has 10 N–H and O–H groups in total. The van der Waals surface area contributed by atoms with Gasteiger partial charge in [0.05, 0.1) is 0 Å². The second-order valence-corrected chi connectivity index (χ2v) is 3.67. The van der Waals surface area contributed by atoms with Crippen LogP contribution in [0.4, 0.5) is 0 Å². The maximum atomic E-state index is 8.52. The molecule has 136 valence electrons. The summed E-state index contributed by atoms with van der Waals surface area (Å²) < 4.78 is 102. The summed E-state index contributed by atoms with van der Waals surface area (Å²) in [6.07, 6.45) is 0. The molecule has 0 atom stereocenters. The van der Waals surface area contributed by atoms with Crippen molar-refractivity contribution in [2.24, 2.45) is 0 Å². The van der Waals surface area contributed by atoms with Crippen molar-refractivity contribution >= 4 is 31.2 Å². The van der Waals surface area contributed by atoms with Crippen molar-refractivity contribution in [1.29, 1.82) is 0 Å². The number of hydrogen-bond donors (Lipinski definition) is 0. The molecule has 0 aliphatic rings. The van der Waals surface area contributed by atoms with Gasteiger partial charge in [0.2, 0.25) is 0 Å². The van der Waals surface area contributed by atoms with E-state index in [9.17, 15) is 0 Å². The Hall–Kier alpha value is 1.62. The van der Waals surface area contributed by atoms with E-state index < -0.39 is 31.2 Å². The van der Waals surface area contributed by atoms with Crippen LogP contribution < -0.4 is 0 Å². The van der Waals surface area contributed by atoms with Crippen LogP contribution in [0.25, 0.3) is 0 Å². The van der Waals surface area contributed by atoms with Crippen LogP contribution in [0.2, 0.25) is 0 Å². The summed E-state index contributed by atoms with van der Waals surface area (Å²) in [5.41, 5.74) is 0. The molecule has 0 aliphatic heterocycles. The fourth-order valence-corrected chi connectivity index (χ4v) is 0. The zero-order chi connectivity index (χ0) is 13.5. The van der Waals surface area contributed by atoms with Gasteiger partial charge in [-0.25, -0.2) is 0 Å². The molecule has 0 saturated carbocycles. The first kappa shape index (κ1) is 65.2. The van der Waals surface area contributed by atoms with Gasteiger partial charge in [0.15, 0.2) is 0 Å². The Labute approximate surface area is 174 Å². The van der Waals surface area contributed by atoms with Gasteiger partial charge >= 0.3 is 65.4 Å². The molecule has 0 rings (SSSR count). The molecule has 22 heteroatoms. The van der Waals surface area contributed by atoms with E-state index in [1.54, 1.807) is 0 Å². The van der Waals surface area contributed by atoms with Gasteiger partial charge in [-0.3, -0.25) is 25.3 Å². The van der Waals surface area contributed by atoms with Crippen molar-refractivity contribution in [2.45, 2.75) is 0 Å². The Morgan fingerprint density at radius 3 is 0.364 bits per heavy atom. The molecule has 0 unspecified atom stereocenters. The Morgan fingerprint density at radius 2 is 0.364 bits per heavy atom. The zero-order valence-corrected chi connectivity index (χ0v) is 17.9. The van der Waals surface area contributed by atoms with Crippen molar-refractivity contribution < 1.29 is 145 Å². The van der Waals surface area contributed by atoms with Gasteiger partial charge in [-0.05, 0) is 0 Å². The molecule has 0 spiro atoms. The maximum Gasteiger partial charge on any atom is 3.00 e. The van der Waals surface area contributed by atoms with Crippen molar-refractivity contribution in [3.05, 3.63) is 0 Å². The Kier molecular flexibility index (Phi) is 81.3. The topological polar surface area (TPSA) is 398 Å². The monoisotopic (exact) mass is 556 g/mol. The molecular weight excluding hydrogens is 546 g/mol.